The van der Waals surface area contributed by atoms with Crippen molar-refractivity contribution in [2.24, 2.45) is 0 Å². The van der Waals surface area contributed by atoms with Gasteiger partial charge in [0.15, 0.2) is 0 Å². The average molecular weight is 397 g/mol. The number of nitrogens with zero attached hydrogens (tertiary/aromatic N) is 1. The molecule has 0 aliphatic carbocycles. The second-order valence-corrected chi connectivity index (χ2v) is 7.20. The Hall–Kier alpha value is -2.89. The van der Waals surface area contributed by atoms with Gasteiger partial charge in [-0.1, -0.05) is 23.7 Å². The van der Waals surface area contributed by atoms with Crippen molar-refractivity contribution in [2.75, 3.05) is 5.32 Å². The molecule has 2 heterocycles. The van der Waals surface area contributed by atoms with Gasteiger partial charge in [0.05, 0.1) is 5.69 Å². The van der Waals surface area contributed by atoms with Crippen LogP contribution in [0, 0.1) is 5.82 Å². The number of hydrogen-bond donors (Lipinski definition) is 1. The van der Waals surface area contributed by atoms with Crippen LogP contribution in [-0.4, -0.2) is 10.5 Å². The first-order valence-electron chi connectivity index (χ1n) is 8.19. The monoisotopic (exact) mass is 396 g/mol. The Morgan fingerprint density at radius 1 is 1.00 bits per heavy atom. The van der Waals surface area contributed by atoms with Crippen molar-refractivity contribution in [1.29, 1.82) is 0 Å². The standard InChI is InChI=1S/C21H14ClFN2OS/c22-15-5-9-17(10-6-15)24-21(26)20-19(25-11-1-2-12-25)18(13-27-20)14-3-7-16(23)8-4-14/h1-13H,(H,24,26). The highest BCUT2D eigenvalue weighted by molar-refractivity contribution is 7.13. The number of benzene rings is 2. The fourth-order valence-corrected chi connectivity index (χ4v) is 3.90. The fraction of sp³-hybridized carbons (Fsp3) is 0. The number of anilines is 1. The molecule has 6 heteroatoms. The summed E-state index contributed by atoms with van der Waals surface area (Å²) in [6.45, 7) is 0. The number of rotatable bonds is 4. The molecule has 0 aliphatic heterocycles. The van der Waals surface area contributed by atoms with E-state index in [9.17, 15) is 9.18 Å². The van der Waals surface area contributed by atoms with Gasteiger partial charge in [-0.3, -0.25) is 4.79 Å². The third kappa shape index (κ3) is 3.65. The summed E-state index contributed by atoms with van der Waals surface area (Å²) < 4.78 is 15.2. The van der Waals surface area contributed by atoms with Crippen molar-refractivity contribution in [1.82, 2.24) is 4.57 Å². The van der Waals surface area contributed by atoms with Crippen LogP contribution in [0.1, 0.15) is 9.67 Å². The first-order valence-corrected chi connectivity index (χ1v) is 9.45. The zero-order chi connectivity index (χ0) is 18.8. The van der Waals surface area contributed by atoms with E-state index in [1.165, 1.54) is 23.5 Å². The Kier molecular flexibility index (Phi) is 4.79. The maximum atomic E-state index is 13.3. The second-order valence-electron chi connectivity index (χ2n) is 5.89. The third-order valence-electron chi connectivity index (χ3n) is 4.09. The smallest absolute Gasteiger partial charge is 0.267 e. The molecule has 1 N–H and O–H groups in total. The molecule has 0 spiro atoms. The molecule has 4 rings (SSSR count). The summed E-state index contributed by atoms with van der Waals surface area (Å²) >= 11 is 7.25. The summed E-state index contributed by atoms with van der Waals surface area (Å²) in [6, 6.07) is 17.0. The molecule has 1 amide bonds. The van der Waals surface area contributed by atoms with Gasteiger partial charge in [0.1, 0.15) is 10.7 Å². The highest BCUT2D eigenvalue weighted by atomic mass is 35.5. The highest BCUT2D eigenvalue weighted by Gasteiger charge is 2.20. The molecule has 0 radical (unpaired) electrons. The summed E-state index contributed by atoms with van der Waals surface area (Å²) in [5.41, 5.74) is 3.15. The predicted molar refractivity (Wildman–Crippen MR) is 108 cm³/mol. The van der Waals surface area contributed by atoms with Crippen LogP contribution in [0.3, 0.4) is 0 Å². The number of halogens is 2. The fourth-order valence-electron chi connectivity index (χ4n) is 2.81. The molecule has 3 nitrogen and oxygen atoms in total. The van der Waals surface area contributed by atoms with Gasteiger partial charge in [0.25, 0.3) is 5.91 Å². The Labute approximate surface area is 164 Å². The van der Waals surface area contributed by atoms with Gasteiger partial charge in [-0.15, -0.1) is 11.3 Å². The van der Waals surface area contributed by atoms with Crippen LogP contribution in [0.4, 0.5) is 10.1 Å². The first kappa shape index (κ1) is 17.5. The first-order chi connectivity index (χ1) is 13.1. The summed E-state index contributed by atoms with van der Waals surface area (Å²) in [4.78, 5) is 13.5. The molecule has 0 atom stereocenters. The minimum Gasteiger partial charge on any atom is -0.322 e. The lowest BCUT2D eigenvalue weighted by molar-refractivity contribution is 0.103. The Bertz CT molecular complexity index is 1070. The van der Waals surface area contributed by atoms with E-state index in [0.717, 1.165) is 16.8 Å². The van der Waals surface area contributed by atoms with E-state index >= 15 is 0 Å². The maximum Gasteiger partial charge on any atom is 0.267 e. The molecule has 0 saturated heterocycles. The van der Waals surface area contributed by atoms with Gasteiger partial charge in [0.2, 0.25) is 0 Å². The lowest BCUT2D eigenvalue weighted by Crippen LogP contribution is -2.12. The zero-order valence-corrected chi connectivity index (χ0v) is 15.6. The van der Waals surface area contributed by atoms with Crippen LogP contribution < -0.4 is 5.32 Å². The molecule has 134 valence electrons. The van der Waals surface area contributed by atoms with E-state index in [4.69, 9.17) is 11.6 Å². The number of amides is 1. The normalized spacial score (nSPS) is 10.7. The quantitative estimate of drug-likeness (QED) is 0.434. The van der Waals surface area contributed by atoms with Crippen LogP contribution in [0.15, 0.2) is 78.4 Å². The molecule has 2 aromatic heterocycles. The van der Waals surface area contributed by atoms with E-state index in [1.54, 1.807) is 36.4 Å². The molecular formula is C21H14ClFN2OS. The second kappa shape index (κ2) is 7.39. The van der Waals surface area contributed by atoms with E-state index in [-0.39, 0.29) is 11.7 Å². The zero-order valence-electron chi connectivity index (χ0n) is 14.0. The molecule has 2 aromatic carbocycles. The molecule has 0 bridgehead atoms. The summed E-state index contributed by atoms with van der Waals surface area (Å²) in [5, 5.41) is 5.42. The van der Waals surface area contributed by atoms with Crippen LogP contribution in [0.5, 0.6) is 0 Å². The van der Waals surface area contributed by atoms with Gasteiger partial charge < -0.3 is 9.88 Å². The minimum atomic E-state index is -0.294. The van der Waals surface area contributed by atoms with Crippen molar-refractivity contribution in [3.05, 3.63) is 94.2 Å². The van der Waals surface area contributed by atoms with E-state index < -0.39 is 0 Å². The highest BCUT2D eigenvalue weighted by Crippen LogP contribution is 2.35. The van der Waals surface area contributed by atoms with Crippen LogP contribution in [0.2, 0.25) is 5.02 Å². The van der Waals surface area contributed by atoms with Crippen molar-refractivity contribution in [2.45, 2.75) is 0 Å². The average Bonchev–Trinajstić information content (AvgIpc) is 3.33. The lowest BCUT2D eigenvalue weighted by Gasteiger charge is -2.10. The lowest BCUT2D eigenvalue weighted by atomic mass is 10.1. The van der Waals surface area contributed by atoms with E-state index in [2.05, 4.69) is 5.32 Å². The van der Waals surface area contributed by atoms with Gasteiger partial charge >= 0.3 is 0 Å². The van der Waals surface area contributed by atoms with E-state index in [0.29, 0.717) is 15.6 Å². The summed E-state index contributed by atoms with van der Waals surface area (Å²) in [7, 11) is 0. The SMILES string of the molecule is O=C(Nc1ccc(Cl)cc1)c1scc(-c2ccc(F)cc2)c1-n1cccc1. The molecule has 27 heavy (non-hydrogen) atoms. The summed E-state index contributed by atoms with van der Waals surface area (Å²) in [6.07, 6.45) is 3.77. The molecule has 4 aromatic rings. The summed E-state index contributed by atoms with van der Waals surface area (Å²) in [5.74, 6) is -0.503. The minimum absolute atomic E-state index is 0.209. The Morgan fingerprint density at radius 3 is 2.33 bits per heavy atom. The molecule has 0 saturated carbocycles. The van der Waals surface area contributed by atoms with Gasteiger partial charge in [-0.2, -0.15) is 0 Å². The number of thiophene rings is 1. The molecule has 0 unspecified atom stereocenters. The van der Waals surface area contributed by atoms with Crippen LogP contribution in [-0.2, 0) is 0 Å². The van der Waals surface area contributed by atoms with Crippen molar-refractivity contribution >= 4 is 34.5 Å². The number of carbonyl (C=O) groups excluding carboxylic acids is 1. The predicted octanol–water partition coefficient (Wildman–Crippen LogP) is 6.25. The maximum absolute atomic E-state index is 13.3. The Balaban J connectivity index is 1.75. The van der Waals surface area contributed by atoms with Gasteiger partial charge in [0, 0.05) is 34.0 Å². The molecular weight excluding hydrogens is 383 g/mol. The Morgan fingerprint density at radius 2 is 1.67 bits per heavy atom. The number of carbonyl (C=O) groups is 1. The van der Waals surface area contributed by atoms with Crippen molar-refractivity contribution < 1.29 is 9.18 Å². The number of hydrogen-bond acceptors (Lipinski definition) is 2. The van der Waals surface area contributed by atoms with Gasteiger partial charge in [-0.05, 0) is 54.1 Å². The number of nitrogens with one attached hydrogen (secondary N) is 1. The van der Waals surface area contributed by atoms with Crippen molar-refractivity contribution in [3.63, 3.8) is 0 Å². The molecule has 0 fully saturated rings. The van der Waals surface area contributed by atoms with Crippen LogP contribution >= 0.6 is 22.9 Å². The van der Waals surface area contributed by atoms with Crippen LogP contribution in [0.25, 0.3) is 16.8 Å². The molecule has 0 aliphatic rings. The largest absolute Gasteiger partial charge is 0.322 e. The van der Waals surface area contributed by atoms with Crippen molar-refractivity contribution in [3.8, 4) is 16.8 Å². The van der Waals surface area contributed by atoms with E-state index in [1.807, 2.05) is 34.5 Å². The topological polar surface area (TPSA) is 34.0 Å². The number of aromatic nitrogens is 1. The third-order valence-corrected chi connectivity index (χ3v) is 5.31. The van der Waals surface area contributed by atoms with Gasteiger partial charge in [-0.25, -0.2) is 4.39 Å².